The van der Waals surface area contributed by atoms with Crippen molar-refractivity contribution in [3.8, 4) is 0 Å². The van der Waals surface area contributed by atoms with Gasteiger partial charge in [0.05, 0.1) is 0 Å². The minimum Gasteiger partial charge on any atom is -0.458 e. The Bertz CT molecular complexity index is 383. The van der Waals surface area contributed by atoms with E-state index in [4.69, 9.17) is 9.29 Å². The van der Waals surface area contributed by atoms with Gasteiger partial charge in [0, 0.05) is 5.57 Å². The van der Waals surface area contributed by atoms with E-state index in [0.29, 0.717) is 0 Å². The molecule has 0 amide bonds. The number of ether oxygens (including phenoxy) is 1. The van der Waals surface area contributed by atoms with Crippen LogP contribution in [0.1, 0.15) is 34.1 Å². The quantitative estimate of drug-likeness (QED) is 0.449. The van der Waals surface area contributed by atoms with Crippen molar-refractivity contribution < 1.29 is 22.5 Å². The Kier molecular flexibility index (Phi) is 5.84. The van der Waals surface area contributed by atoms with Gasteiger partial charge in [-0.25, -0.2) is 4.79 Å². The summed E-state index contributed by atoms with van der Waals surface area (Å²) < 4.78 is 36.4. The predicted molar refractivity (Wildman–Crippen MR) is 65.2 cm³/mol. The Balaban J connectivity index is 4.83. The molecule has 2 unspecified atom stereocenters. The molecule has 0 fully saturated rings. The van der Waals surface area contributed by atoms with E-state index in [1.54, 1.807) is 0 Å². The van der Waals surface area contributed by atoms with Gasteiger partial charge in [-0.05, 0) is 26.2 Å². The van der Waals surface area contributed by atoms with E-state index in [1.807, 2.05) is 13.8 Å². The number of carbonyl (C=O) groups is 1. The molecule has 100 valence electrons. The molecule has 0 saturated heterocycles. The third-order valence-electron chi connectivity index (χ3n) is 2.25. The van der Waals surface area contributed by atoms with E-state index >= 15 is 0 Å². The van der Waals surface area contributed by atoms with Crippen LogP contribution in [-0.4, -0.2) is 30.3 Å². The fourth-order valence-electron chi connectivity index (χ4n) is 1.37. The summed E-state index contributed by atoms with van der Waals surface area (Å²) in [5.41, 5.74) is 0.190. The summed E-state index contributed by atoms with van der Waals surface area (Å²) in [5.74, 6) is -0.595. The van der Waals surface area contributed by atoms with Crippen LogP contribution in [0.2, 0.25) is 0 Å². The molecule has 1 N–H and O–H groups in total. The zero-order valence-corrected chi connectivity index (χ0v) is 11.5. The number of esters is 1. The third-order valence-corrected chi connectivity index (χ3v) is 3.59. The molecule has 2 atom stereocenters. The van der Waals surface area contributed by atoms with Crippen LogP contribution in [0, 0.1) is 5.92 Å². The highest BCUT2D eigenvalue weighted by Gasteiger charge is 2.32. The summed E-state index contributed by atoms with van der Waals surface area (Å²) in [6, 6.07) is 0. The Morgan fingerprint density at radius 1 is 1.35 bits per heavy atom. The van der Waals surface area contributed by atoms with Crippen molar-refractivity contribution in [1.29, 1.82) is 0 Å². The molecule has 0 heterocycles. The minimum atomic E-state index is -4.24. The molecule has 0 aliphatic rings. The van der Waals surface area contributed by atoms with Crippen LogP contribution in [0.4, 0.5) is 0 Å². The molecule has 6 heteroatoms. The van der Waals surface area contributed by atoms with Crippen molar-refractivity contribution in [2.45, 2.75) is 45.5 Å². The molecule has 0 aromatic carbocycles. The van der Waals surface area contributed by atoms with E-state index in [1.165, 1.54) is 13.8 Å². The molecule has 0 aromatic rings. The van der Waals surface area contributed by atoms with Gasteiger partial charge in [0.15, 0.2) is 0 Å². The Morgan fingerprint density at radius 2 is 1.82 bits per heavy atom. The van der Waals surface area contributed by atoms with Crippen molar-refractivity contribution in [2.24, 2.45) is 5.92 Å². The van der Waals surface area contributed by atoms with Crippen LogP contribution in [-0.2, 0) is 19.6 Å². The van der Waals surface area contributed by atoms with Crippen LogP contribution in [0.3, 0.4) is 0 Å². The van der Waals surface area contributed by atoms with Gasteiger partial charge in [-0.3, -0.25) is 4.55 Å². The molecule has 0 aliphatic carbocycles. The number of rotatable bonds is 6. The highest BCUT2D eigenvalue weighted by Crippen LogP contribution is 2.18. The second kappa shape index (κ2) is 6.16. The normalized spacial score (nSPS) is 15.4. The van der Waals surface area contributed by atoms with Gasteiger partial charge in [0.2, 0.25) is 0 Å². The van der Waals surface area contributed by atoms with E-state index in [2.05, 4.69) is 6.58 Å². The molecule has 5 nitrogen and oxygen atoms in total. The number of hydrogen-bond donors (Lipinski definition) is 1. The fraction of sp³-hybridized carbons (Fsp3) is 0.727. The molecule has 0 rings (SSSR count). The topological polar surface area (TPSA) is 80.7 Å². The SMILES string of the molecule is C=C(C)C(=O)OC(C)C(CC(C)C)S(=O)(=O)O. The van der Waals surface area contributed by atoms with Crippen molar-refractivity contribution in [1.82, 2.24) is 0 Å². The lowest BCUT2D eigenvalue weighted by Crippen LogP contribution is -2.36. The maximum atomic E-state index is 11.3. The molecule has 0 aliphatic heterocycles. The Hall–Kier alpha value is -0.880. The third kappa shape index (κ3) is 5.83. The molecule has 0 aromatic heterocycles. The lowest BCUT2D eigenvalue weighted by molar-refractivity contribution is -0.143. The lowest BCUT2D eigenvalue weighted by atomic mass is 10.1. The smallest absolute Gasteiger partial charge is 0.333 e. The van der Waals surface area contributed by atoms with Gasteiger partial charge in [-0.1, -0.05) is 20.4 Å². The standard InChI is InChI=1S/C11H20O5S/c1-7(2)6-10(17(13,14)15)9(5)16-11(12)8(3)4/h7,9-10H,3,6H2,1-2,4-5H3,(H,13,14,15). The number of hydrogen-bond acceptors (Lipinski definition) is 4. The molecule has 0 saturated carbocycles. The van der Waals surface area contributed by atoms with Gasteiger partial charge < -0.3 is 4.74 Å². The molecule has 0 spiro atoms. The van der Waals surface area contributed by atoms with Gasteiger partial charge in [-0.15, -0.1) is 0 Å². The molecule has 0 radical (unpaired) electrons. The first-order valence-electron chi connectivity index (χ1n) is 5.38. The zero-order valence-electron chi connectivity index (χ0n) is 10.6. The first kappa shape index (κ1) is 16.1. The van der Waals surface area contributed by atoms with Gasteiger partial charge in [-0.2, -0.15) is 8.42 Å². The fourth-order valence-corrected chi connectivity index (χ4v) is 2.53. The van der Waals surface area contributed by atoms with Crippen molar-refractivity contribution in [3.05, 3.63) is 12.2 Å². The van der Waals surface area contributed by atoms with Crippen LogP contribution >= 0.6 is 0 Å². The average molecular weight is 264 g/mol. The van der Waals surface area contributed by atoms with Gasteiger partial charge in [0.25, 0.3) is 10.1 Å². The molecule has 17 heavy (non-hydrogen) atoms. The van der Waals surface area contributed by atoms with Crippen molar-refractivity contribution >= 4 is 16.1 Å². The second-order valence-electron chi connectivity index (χ2n) is 4.57. The summed E-state index contributed by atoms with van der Waals surface area (Å²) in [7, 11) is -4.24. The van der Waals surface area contributed by atoms with Crippen LogP contribution < -0.4 is 0 Å². The zero-order chi connectivity index (χ0) is 13.8. The monoisotopic (exact) mass is 264 g/mol. The van der Waals surface area contributed by atoms with Gasteiger partial charge in [0.1, 0.15) is 11.4 Å². The summed E-state index contributed by atoms with van der Waals surface area (Å²) >= 11 is 0. The molecular formula is C11H20O5S. The highest BCUT2D eigenvalue weighted by atomic mass is 32.2. The Morgan fingerprint density at radius 3 is 2.12 bits per heavy atom. The van der Waals surface area contributed by atoms with Crippen LogP contribution in [0.15, 0.2) is 12.2 Å². The number of carbonyl (C=O) groups excluding carboxylic acids is 1. The highest BCUT2D eigenvalue weighted by molar-refractivity contribution is 7.86. The van der Waals surface area contributed by atoms with Crippen LogP contribution in [0.25, 0.3) is 0 Å². The average Bonchev–Trinajstić information content (AvgIpc) is 2.11. The summed E-state index contributed by atoms with van der Waals surface area (Å²) in [6.45, 7) is 9.97. The largest absolute Gasteiger partial charge is 0.458 e. The van der Waals surface area contributed by atoms with E-state index in [-0.39, 0.29) is 17.9 Å². The van der Waals surface area contributed by atoms with Crippen molar-refractivity contribution in [2.75, 3.05) is 0 Å². The summed E-state index contributed by atoms with van der Waals surface area (Å²) in [5, 5.41) is -1.11. The minimum absolute atomic E-state index is 0.0629. The van der Waals surface area contributed by atoms with E-state index in [9.17, 15) is 13.2 Å². The first-order valence-corrected chi connectivity index (χ1v) is 6.88. The summed E-state index contributed by atoms with van der Waals surface area (Å²) in [6.07, 6.45) is -0.680. The van der Waals surface area contributed by atoms with E-state index in [0.717, 1.165) is 0 Å². The van der Waals surface area contributed by atoms with Crippen molar-refractivity contribution in [3.63, 3.8) is 0 Å². The predicted octanol–water partition coefficient (Wildman–Crippen LogP) is 1.80. The maximum absolute atomic E-state index is 11.3. The van der Waals surface area contributed by atoms with Crippen LogP contribution in [0.5, 0.6) is 0 Å². The Labute approximate surface area is 103 Å². The first-order chi connectivity index (χ1) is 7.55. The molecular weight excluding hydrogens is 244 g/mol. The molecule has 0 bridgehead atoms. The summed E-state index contributed by atoms with van der Waals surface area (Å²) in [4.78, 5) is 11.3. The second-order valence-corrected chi connectivity index (χ2v) is 6.21. The van der Waals surface area contributed by atoms with E-state index < -0.39 is 27.4 Å². The maximum Gasteiger partial charge on any atom is 0.333 e. The van der Waals surface area contributed by atoms with Gasteiger partial charge >= 0.3 is 5.97 Å². The lowest BCUT2D eigenvalue weighted by Gasteiger charge is -2.23.